The number of nitrogens with two attached hydrogens (primary N) is 1. The van der Waals surface area contributed by atoms with Crippen molar-refractivity contribution in [3.05, 3.63) is 53.9 Å². The number of nitrogens with zero attached hydrogens (tertiary/aromatic N) is 2. The lowest BCUT2D eigenvalue weighted by molar-refractivity contribution is -0.137. The molecule has 2 aromatic rings. The van der Waals surface area contributed by atoms with Crippen LogP contribution in [-0.2, 0) is 6.18 Å². The van der Waals surface area contributed by atoms with E-state index in [1.54, 1.807) is 0 Å². The first-order valence-corrected chi connectivity index (χ1v) is 5.69. The van der Waals surface area contributed by atoms with Crippen LogP contribution in [0.15, 0.2) is 47.8 Å². The second-order valence-corrected chi connectivity index (χ2v) is 3.99. The number of pyridine rings is 1. The van der Waals surface area contributed by atoms with E-state index in [2.05, 4.69) is 10.1 Å². The maximum Gasteiger partial charge on any atom is 0.416 e. The fourth-order valence-corrected chi connectivity index (χ4v) is 1.52. The Kier molecular flexibility index (Phi) is 3.97. The van der Waals surface area contributed by atoms with Crippen molar-refractivity contribution in [2.45, 2.75) is 6.18 Å². The predicted octanol–water partition coefficient (Wildman–Crippen LogP) is 2.99. The molecule has 0 saturated carbocycles. The van der Waals surface area contributed by atoms with Gasteiger partial charge in [0, 0.05) is 0 Å². The minimum atomic E-state index is -4.44. The molecule has 0 amide bonds. The van der Waals surface area contributed by atoms with Crippen molar-refractivity contribution in [1.82, 2.24) is 4.98 Å². The van der Waals surface area contributed by atoms with Gasteiger partial charge in [0.05, 0.1) is 11.8 Å². The third-order valence-electron chi connectivity index (χ3n) is 2.50. The lowest BCUT2D eigenvalue weighted by Crippen LogP contribution is -2.14. The van der Waals surface area contributed by atoms with Gasteiger partial charge >= 0.3 is 6.18 Å². The normalized spacial score (nSPS) is 12.2. The molecule has 21 heavy (non-hydrogen) atoms. The minimum absolute atomic E-state index is 0.0307. The molecule has 2 rings (SSSR count). The van der Waals surface area contributed by atoms with Gasteiger partial charge in [-0.3, -0.25) is 0 Å². The van der Waals surface area contributed by atoms with Gasteiger partial charge in [-0.25, -0.2) is 4.98 Å². The molecule has 0 fully saturated rings. The zero-order chi connectivity index (χ0) is 15.5. The number of amidine groups is 1. The monoisotopic (exact) mass is 297 g/mol. The molecule has 0 bridgehead atoms. The van der Waals surface area contributed by atoms with E-state index >= 15 is 0 Å². The second-order valence-electron chi connectivity index (χ2n) is 3.99. The highest BCUT2D eigenvalue weighted by atomic mass is 19.4. The first-order valence-electron chi connectivity index (χ1n) is 5.69. The molecule has 0 unspecified atom stereocenters. The Morgan fingerprint density at radius 1 is 1.19 bits per heavy atom. The molecule has 1 aromatic heterocycles. The Balaban J connectivity index is 2.19. The van der Waals surface area contributed by atoms with Gasteiger partial charge in [0.15, 0.2) is 5.84 Å². The van der Waals surface area contributed by atoms with Gasteiger partial charge in [-0.05, 0) is 30.3 Å². The quantitative estimate of drug-likeness (QED) is 0.395. The van der Waals surface area contributed by atoms with E-state index < -0.39 is 11.7 Å². The standard InChI is InChI=1S/C13H10F3N3O2/c14-13(15,16)8-2-1-3-9(6-8)21-10-4-5-11(18-7-10)12(17)19-20/h1-7,20H,(H2,17,19). The summed E-state index contributed by atoms with van der Waals surface area (Å²) in [6.45, 7) is 0. The van der Waals surface area contributed by atoms with Crippen molar-refractivity contribution >= 4 is 5.84 Å². The van der Waals surface area contributed by atoms with E-state index in [0.29, 0.717) is 0 Å². The van der Waals surface area contributed by atoms with E-state index in [0.717, 1.165) is 12.1 Å². The maximum atomic E-state index is 12.6. The number of hydrogen-bond acceptors (Lipinski definition) is 4. The van der Waals surface area contributed by atoms with Crippen LogP contribution in [0, 0.1) is 0 Å². The van der Waals surface area contributed by atoms with Crippen molar-refractivity contribution in [2.24, 2.45) is 10.9 Å². The number of alkyl halides is 3. The minimum Gasteiger partial charge on any atom is -0.456 e. The van der Waals surface area contributed by atoms with Gasteiger partial charge in [-0.15, -0.1) is 0 Å². The summed E-state index contributed by atoms with van der Waals surface area (Å²) in [5.74, 6) is 0.0765. The molecule has 1 heterocycles. The van der Waals surface area contributed by atoms with Gasteiger partial charge in [-0.2, -0.15) is 13.2 Å². The SMILES string of the molecule is N/C(=N/O)c1ccc(Oc2cccc(C(F)(F)F)c2)cn1. The number of aromatic nitrogens is 1. The fraction of sp³-hybridized carbons (Fsp3) is 0.0769. The average molecular weight is 297 g/mol. The number of ether oxygens (including phenoxy) is 1. The Hall–Kier alpha value is -2.77. The van der Waals surface area contributed by atoms with Crippen LogP contribution in [0.4, 0.5) is 13.2 Å². The molecule has 5 nitrogen and oxygen atoms in total. The molecular formula is C13H10F3N3O2. The third-order valence-corrected chi connectivity index (χ3v) is 2.50. The zero-order valence-electron chi connectivity index (χ0n) is 10.5. The number of rotatable bonds is 3. The Bertz CT molecular complexity index is 654. The summed E-state index contributed by atoms with van der Waals surface area (Å²) < 4.78 is 43.0. The van der Waals surface area contributed by atoms with Crippen LogP contribution in [0.25, 0.3) is 0 Å². The number of oxime groups is 1. The molecule has 3 N–H and O–H groups in total. The van der Waals surface area contributed by atoms with Crippen molar-refractivity contribution < 1.29 is 23.1 Å². The highest BCUT2D eigenvalue weighted by Gasteiger charge is 2.30. The smallest absolute Gasteiger partial charge is 0.416 e. The number of halogens is 3. The lowest BCUT2D eigenvalue weighted by atomic mass is 10.2. The molecule has 0 aliphatic heterocycles. The summed E-state index contributed by atoms with van der Waals surface area (Å²) in [7, 11) is 0. The van der Waals surface area contributed by atoms with Crippen molar-refractivity contribution in [1.29, 1.82) is 0 Å². The molecule has 0 aliphatic carbocycles. The summed E-state index contributed by atoms with van der Waals surface area (Å²) >= 11 is 0. The first kappa shape index (κ1) is 14.6. The van der Waals surface area contributed by atoms with Crippen LogP contribution >= 0.6 is 0 Å². The van der Waals surface area contributed by atoms with Crippen LogP contribution in [0.2, 0.25) is 0 Å². The zero-order valence-corrected chi connectivity index (χ0v) is 10.5. The van der Waals surface area contributed by atoms with Gasteiger partial charge in [0.2, 0.25) is 0 Å². The number of hydrogen-bond donors (Lipinski definition) is 2. The van der Waals surface area contributed by atoms with E-state index in [1.807, 2.05) is 0 Å². The highest BCUT2D eigenvalue weighted by molar-refractivity contribution is 5.95. The van der Waals surface area contributed by atoms with Gasteiger partial charge in [0.1, 0.15) is 17.2 Å². The first-order chi connectivity index (χ1) is 9.90. The summed E-state index contributed by atoms with van der Waals surface area (Å²) in [6.07, 6.45) is -3.18. The largest absolute Gasteiger partial charge is 0.456 e. The molecule has 0 atom stereocenters. The van der Waals surface area contributed by atoms with Crippen molar-refractivity contribution in [3.63, 3.8) is 0 Å². The summed E-state index contributed by atoms with van der Waals surface area (Å²) in [5.41, 5.74) is 4.75. The Morgan fingerprint density at radius 3 is 2.52 bits per heavy atom. The topological polar surface area (TPSA) is 80.7 Å². The lowest BCUT2D eigenvalue weighted by Gasteiger charge is -2.10. The Labute approximate surface area is 117 Å². The predicted molar refractivity (Wildman–Crippen MR) is 68.3 cm³/mol. The van der Waals surface area contributed by atoms with Crippen LogP contribution < -0.4 is 10.5 Å². The molecule has 0 spiro atoms. The van der Waals surface area contributed by atoms with Crippen molar-refractivity contribution in [3.8, 4) is 11.5 Å². The molecule has 0 radical (unpaired) electrons. The highest BCUT2D eigenvalue weighted by Crippen LogP contribution is 2.32. The van der Waals surface area contributed by atoms with Crippen molar-refractivity contribution in [2.75, 3.05) is 0 Å². The number of benzene rings is 1. The van der Waals surface area contributed by atoms with Crippen LogP contribution in [0.1, 0.15) is 11.3 Å². The average Bonchev–Trinajstić information content (AvgIpc) is 2.47. The summed E-state index contributed by atoms with van der Waals surface area (Å²) in [6, 6.07) is 7.34. The Morgan fingerprint density at radius 2 is 1.95 bits per heavy atom. The van der Waals surface area contributed by atoms with E-state index in [4.69, 9.17) is 15.7 Å². The third kappa shape index (κ3) is 3.62. The maximum absolute atomic E-state index is 12.6. The van der Waals surface area contributed by atoms with Gasteiger partial charge in [0.25, 0.3) is 0 Å². The van der Waals surface area contributed by atoms with Crippen LogP contribution in [0.3, 0.4) is 0 Å². The molecular weight excluding hydrogens is 287 g/mol. The fourth-order valence-electron chi connectivity index (χ4n) is 1.52. The molecule has 0 aliphatic rings. The molecule has 110 valence electrons. The van der Waals surface area contributed by atoms with E-state index in [1.165, 1.54) is 30.5 Å². The van der Waals surface area contributed by atoms with Gasteiger partial charge in [-0.1, -0.05) is 11.2 Å². The summed E-state index contributed by atoms with van der Waals surface area (Å²) in [4.78, 5) is 3.85. The molecule has 0 saturated heterocycles. The van der Waals surface area contributed by atoms with Crippen LogP contribution in [0.5, 0.6) is 11.5 Å². The molecule has 8 heteroatoms. The van der Waals surface area contributed by atoms with E-state index in [-0.39, 0.29) is 23.0 Å². The molecule has 1 aromatic carbocycles. The second kappa shape index (κ2) is 5.70. The van der Waals surface area contributed by atoms with Gasteiger partial charge < -0.3 is 15.7 Å². The van der Waals surface area contributed by atoms with Crippen LogP contribution in [-0.4, -0.2) is 16.0 Å². The summed E-state index contributed by atoms with van der Waals surface area (Å²) in [5, 5.41) is 11.3. The van der Waals surface area contributed by atoms with E-state index in [9.17, 15) is 13.2 Å².